The van der Waals surface area contributed by atoms with Crippen molar-refractivity contribution in [3.05, 3.63) is 55.1 Å². The molecule has 6 heterocycles. The highest BCUT2D eigenvalue weighted by Gasteiger charge is 2.16. The number of rotatable bonds is 4. The Morgan fingerprint density at radius 2 is 1.90 bits per heavy atom. The molecule has 0 bridgehead atoms. The molecule has 0 spiro atoms. The lowest BCUT2D eigenvalue weighted by Gasteiger charge is -2.23. The Labute approximate surface area is 178 Å². The van der Waals surface area contributed by atoms with Gasteiger partial charge in [-0.1, -0.05) is 0 Å². The molecule has 8 nitrogen and oxygen atoms in total. The van der Waals surface area contributed by atoms with E-state index < -0.39 is 0 Å². The summed E-state index contributed by atoms with van der Waals surface area (Å²) in [4.78, 5) is 16.8. The maximum atomic E-state index is 6.16. The number of aromatic nitrogens is 6. The van der Waals surface area contributed by atoms with Crippen LogP contribution in [0.4, 0.5) is 0 Å². The van der Waals surface area contributed by atoms with Crippen molar-refractivity contribution in [2.24, 2.45) is 0 Å². The van der Waals surface area contributed by atoms with Crippen LogP contribution in [0.15, 0.2) is 55.1 Å². The van der Waals surface area contributed by atoms with Gasteiger partial charge in [0.2, 0.25) is 0 Å². The molecule has 0 amide bonds. The van der Waals surface area contributed by atoms with E-state index in [0.29, 0.717) is 0 Å². The van der Waals surface area contributed by atoms with Crippen molar-refractivity contribution < 1.29 is 4.74 Å². The van der Waals surface area contributed by atoms with E-state index in [4.69, 9.17) is 4.74 Å². The molecule has 154 valence electrons. The molecule has 1 fully saturated rings. The highest BCUT2D eigenvalue weighted by atomic mass is 16.5. The Balaban J connectivity index is 1.36. The summed E-state index contributed by atoms with van der Waals surface area (Å²) in [6.07, 6.45) is 9.42. The molecule has 3 N–H and O–H groups in total. The first-order chi connectivity index (χ1) is 15.3. The lowest BCUT2D eigenvalue weighted by molar-refractivity contribution is 0.162. The van der Waals surface area contributed by atoms with Crippen LogP contribution in [0.5, 0.6) is 5.75 Å². The summed E-state index contributed by atoms with van der Waals surface area (Å²) < 4.78 is 6.16. The van der Waals surface area contributed by atoms with Crippen molar-refractivity contribution in [2.45, 2.75) is 18.9 Å². The number of pyridine rings is 3. The Bertz CT molecular complexity index is 1330. The molecule has 0 atom stereocenters. The van der Waals surface area contributed by atoms with Gasteiger partial charge < -0.3 is 15.0 Å². The summed E-state index contributed by atoms with van der Waals surface area (Å²) in [5.74, 6) is 0.778. The van der Waals surface area contributed by atoms with Crippen LogP contribution in [0.2, 0.25) is 0 Å². The van der Waals surface area contributed by atoms with Gasteiger partial charge in [-0.3, -0.25) is 20.1 Å². The molecule has 0 saturated carbocycles. The molecule has 5 aromatic rings. The fourth-order valence-corrected chi connectivity index (χ4v) is 4.09. The average Bonchev–Trinajstić information content (AvgIpc) is 3.43. The predicted octanol–water partition coefficient (Wildman–Crippen LogP) is 3.69. The summed E-state index contributed by atoms with van der Waals surface area (Å²) in [7, 11) is 0. The zero-order valence-corrected chi connectivity index (χ0v) is 16.8. The van der Waals surface area contributed by atoms with Crippen LogP contribution in [0.1, 0.15) is 12.8 Å². The van der Waals surface area contributed by atoms with Crippen molar-refractivity contribution >= 4 is 21.9 Å². The summed E-state index contributed by atoms with van der Waals surface area (Å²) in [6.45, 7) is 1.98. The molecule has 0 radical (unpaired) electrons. The minimum Gasteiger partial charge on any atom is -0.489 e. The molecular weight excluding hydrogens is 390 g/mol. The molecule has 6 rings (SSSR count). The second-order valence-electron chi connectivity index (χ2n) is 7.78. The topological polar surface area (TPSA) is 104 Å². The first kappa shape index (κ1) is 18.0. The number of fused-ring (bicyclic) bond motifs is 2. The van der Waals surface area contributed by atoms with E-state index in [2.05, 4.69) is 35.5 Å². The molecule has 0 aromatic carbocycles. The summed E-state index contributed by atoms with van der Waals surface area (Å²) >= 11 is 0. The molecule has 1 aliphatic heterocycles. The minimum absolute atomic E-state index is 0.227. The largest absolute Gasteiger partial charge is 0.489 e. The lowest BCUT2D eigenvalue weighted by atomic mass is 10.1. The number of H-pyrrole nitrogens is 2. The average molecular weight is 411 g/mol. The van der Waals surface area contributed by atoms with Crippen LogP contribution < -0.4 is 10.1 Å². The van der Waals surface area contributed by atoms with Crippen LogP contribution in [-0.2, 0) is 0 Å². The van der Waals surface area contributed by atoms with E-state index in [9.17, 15) is 0 Å². The normalized spacial score (nSPS) is 15.0. The molecule has 0 aliphatic carbocycles. The monoisotopic (exact) mass is 411 g/mol. The first-order valence-electron chi connectivity index (χ1n) is 10.4. The second kappa shape index (κ2) is 7.48. The van der Waals surface area contributed by atoms with Crippen LogP contribution in [0.25, 0.3) is 44.6 Å². The Morgan fingerprint density at radius 1 is 0.968 bits per heavy atom. The third-order valence-corrected chi connectivity index (χ3v) is 5.69. The van der Waals surface area contributed by atoms with Gasteiger partial charge >= 0.3 is 0 Å². The van der Waals surface area contributed by atoms with Crippen molar-refractivity contribution in [1.29, 1.82) is 0 Å². The second-order valence-corrected chi connectivity index (χ2v) is 7.78. The van der Waals surface area contributed by atoms with Gasteiger partial charge in [-0.05, 0) is 56.3 Å². The first-order valence-corrected chi connectivity index (χ1v) is 10.4. The van der Waals surface area contributed by atoms with Crippen molar-refractivity contribution in [3.63, 3.8) is 0 Å². The maximum Gasteiger partial charge on any atom is 0.138 e. The predicted molar refractivity (Wildman–Crippen MR) is 119 cm³/mol. The van der Waals surface area contributed by atoms with E-state index in [1.165, 1.54) is 0 Å². The molecule has 1 saturated heterocycles. The number of ether oxygens (including phenoxy) is 1. The molecule has 8 heteroatoms. The maximum absolute atomic E-state index is 6.16. The molecular formula is C23H21N7O. The number of nitrogens with one attached hydrogen (secondary N) is 3. The fraction of sp³-hybridized carbons (Fsp3) is 0.217. The SMILES string of the molecule is c1cnc2cc(-c3n[nH]c4cnc(-c5cncc(OC6CCNCC6)c5)cc34)[nH]c2c1. The Kier molecular flexibility index (Phi) is 4.35. The van der Waals surface area contributed by atoms with Gasteiger partial charge in [-0.2, -0.15) is 5.10 Å². The lowest BCUT2D eigenvalue weighted by Crippen LogP contribution is -2.34. The highest BCUT2D eigenvalue weighted by molar-refractivity contribution is 5.96. The van der Waals surface area contributed by atoms with Gasteiger partial charge in [-0.25, -0.2) is 0 Å². The number of nitrogens with zero attached hydrogens (tertiary/aromatic N) is 4. The Morgan fingerprint density at radius 3 is 2.81 bits per heavy atom. The molecule has 0 unspecified atom stereocenters. The zero-order chi connectivity index (χ0) is 20.6. The summed E-state index contributed by atoms with van der Waals surface area (Å²) in [5, 5.41) is 11.9. The third-order valence-electron chi connectivity index (χ3n) is 5.69. The van der Waals surface area contributed by atoms with Gasteiger partial charge in [0.25, 0.3) is 0 Å². The zero-order valence-electron chi connectivity index (χ0n) is 16.8. The van der Waals surface area contributed by atoms with E-state index in [0.717, 1.165) is 76.3 Å². The minimum atomic E-state index is 0.227. The number of aromatic amines is 2. The van der Waals surface area contributed by atoms with Crippen molar-refractivity contribution in [3.8, 4) is 28.4 Å². The number of piperidine rings is 1. The van der Waals surface area contributed by atoms with E-state index in [1.54, 1.807) is 12.4 Å². The number of hydrogen-bond donors (Lipinski definition) is 3. The third kappa shape index (κ3) is 3.40. The smallest absolute Gasteiger partial charge is 0.138 e. The molecule has 31 heavy (non-hydrogen) atoms. The van der Waals surface area contributed by atoms with E-state index >= 15 is 0 Å². The van der Waals surface area contributed by atoms with E-state index in [-0.39, 0.29) is 6.10 Å². The van der Waals surface area contributed by atoms with Crippen LogP contribution in [0, 0.1) is 0 Å². The molecule has 5 aromatic heterocycles. The summed E-state index contributed by atoms with van der Waals surface area (Å²) in [6, 6.07) is 9.99. The number of hydrogen-bond acceptors (Lipinski definition) is 6. The van der Waals surface area contributed by atoms with Gasteiger partial charge in [0.05, 0.1) is 40.3 Å². The van der Waals surface area contributed by atoms with Crippen molar-refractivity contribution in [2.75, 3.05) is 13.1 Å². The van der Waals surface area contributed by atoms with Crippen LogP contribution >= 0.6 is 0 Å². The molecule has 1 aliphatic rings. The van der Waals surface area contributed by atoms with Crippen LogP contribution in [0.3, 0.4) is 0 Å². The highest BCUT2D eigenvalue weighted by Crippen LogP contribution is 2.31. The van der Waals surface area contributed by atoms with E-state index in [1.807, 2.05) is 42.7 Å². The quantitative estimate of drug-likeness (QED) is 0.417. The van der Waals surface area contributed by atoms with Crippen molar-refractivity contribution in [1.82, 2.24) is 35.5 Å². The van der Waals surface area contributed by atoms with Gasteiger partial charge in [0.1, 0.15) is 17.5 Å². The van der Waals surface area contributed by atoms with Gasteiger partial charge in [-0.15, -0.1) is 0 Å². The van der Waals surface area contributed by atoms with Gasteiger partial charge in [0.15, 0.2) is 0 Å². The fourth-order valence-electron chi connectivity index (χ4n) is 4.09. The standard InChI is InChI=1S/C23H21N7O/c1-2-18-20(26-5-1)10-21(28-18)23-17-9-19(27-13-22(17)29-30-23)14-8-16(12-25-11-14)31-15-3-6-24-7-4-15/h1-2,5,8-13,15,24,28H,3-4,6-7H2,(H,29,30). The van der Waals surface area contributed by atoms with Gasteiger partial charge in [0, 0.05) is 23.3 Å². The summed E-state index contributed by atoms with van der Waals surface area (Å²) in [5.41, 5.74) is 6.27. The van der Waals surface area contributed by atoms with Crippen LogP contribution in [-0.4, -0.2) is 49.3 Å². The Hall–Kier alpha value is -3.78.